The van der Waals surface area contributed by atoms with E-state index in [0.29, 0.717) is 24.2 Å². The fourth-order valence-electron chi connectivity index (χ4n) is 1.25. The van der Waals surface area contributed by atoms with Crippen molar-refractivity contribution in [2.75, 3.05) is 0 Å². The van der Waals surface area contributed by atoms with Gasteiger partial charge < -0.3 is 0 Å². The van der Waals surface area contributed by atoms with Gasteiger partial charge in [-0.3, -0.25) is 0 Å². The number of nitrogens with zero attached hydrogens (tertiary/aromatic N) is 2. The van der Waals surface area contributed by atoms with Gasteiger partial charge in [-0.25, -0.2) is 0 Å². The highest BCUT2D eigenvalue weighted by Crippen LogP contribution is 2.24. The van der Waals surface area contributed by atoms with Gasteiger partial charge in [0.05, 0.1) is 0 Å². The highest BCUT2D eigenvalue weighted by atomic mass is 16.3. The topological polar surface area (TPSA) is 58.9 Å². The van der Waals surface area contributed by atoms with Crippen LogP contribution in [-0.2, 0) is 0 Å². The third-order valence-corrected chi connectivity index (χ3v) is 1.88. The van der Waals surface area contributed by atoms with Crippen molar-refractivity contribution >= 4 is 0 Å². The first-order valence-electron chi connectivity index (χ1n) is 3.77. The van der Waals surface area contributed by atoms with E-state index in [2.05, 4.69) is 10.4 Å². The monoisotopic (exact) mass is 154 g/mol. The maximum atomic E-state index is 10.2. The quantitative estimate of drug-likeness (QED) is 0.574. The molecule has 0 atom stereocenters. The molecule has 0 unspecified atom stereocenters. The minimum atomic E-state index is 0.359. The molecule has 0 aromatic carbocycles. The molecular weight excluding hydrogens is 144 g/mol. The van der Waals surface area contributed by atoms with Crippen LogP contribution in [0.3, 0.4) is 0 Å². The summed E-state index contributed by atoms with van der Waals surface area (Å²) in [6.45, 7) is 0. The minimum Gasteiger partial charge on any atom is -0.145 e. The molecule has 0 spiro atoms. The van der Waals surface area contributed by atoms with E-state index < -0.39 is 0 Å². The molecule has 1 aliphatic carbocycles. The molecule has 0 aliphatic heterocycles. The normalized spacial score (nSPS) is 19.3. The lowest BCUT2D eigenvalue weighted by Gasteiger charge is -1.93. The van der Waals surface area contributed by atoms with Gasteiger partial charge in [0.2, 0.25) is 0 Å². The Kier molecular flexibility index (Phi) is 2.89. The van der Waals surface area contributed by atoms with Crippen LogP contribution < -0.4 is 0 Å². The van der Waals surface area contributed by atoms with Gasteiger partial charge in [-0.15, -0.1) is 9.81 Å². The molecule has 60 valence electrons. The van der Waals surface area contributed by atoms with Crippen molar-refractivity contribution in [3.8, 4) is 0 Å². The smallest absolute Gasteiger partial charge is 0.110 e. The van der Waals surface area contributed by atoms with Crippen molar-refractivity contribution in [3.05, 3.63) is 21.2 Å². The second-order valence-electron chi connectivity index (χ2n) is 2.64. The van der Waals surface area contributed by atoms with Crippen LogP contribution in [0.25, 0.3) is 0 Å². The van der Waals surface area contributed by atoms with E-state index in [1.54, 1.807) is 0 Å². The molecule has 1 aliphatic rings. The first-order chi connectivity index (χ1) is 5.38. The summed E-state index contributed by atoms with van der Waals surface area (Å²) in [6.07, 6.45) is 4.17. The zero-order chi connectivity index (χ0) is 8.10. The maximum Gasteiger partial charge on any atom is 0.110 e. The molecule has 0 amide bonds. The first-order valence-corrected chi connectivity index (χ1v) is 3.77. The molecule has 0 N–H and O–H groups in total. The predicted molar refractivity (Wildman–Crippen MR) is 41.7 cm³/mol. The molecule has 0 saturated carbocycles. The van der Waals surface area contributed by atoms with E-state index in [1.807, 2.05) is 0 Å². The summed E-state index contributed by atoms with van der Waals surface area (Å²) < 4.78 is 0. The van der Waals surface area contributed by atoms with Gasteiger partial charge in [0.1, 0.15) is 11.4 Å². The Bertz CT molecular complexity index is 179. The van der Waals surface area contributed by atoms with Gasteiger partial charge in [0.25, 0.3) is 0 Å². The van der Waals surface area contributed by atoms with Crippen LogP contribution in [0.4, 0.5) is 0 Å². The Balaban J connectivity index is 2.79. The molecular formula is C7H10N2O2. The van der Waals surface area contributed by atoms with Crippen LogP contribution in [0.1, 0.15) is 32.1 Å². The van der Waals surface area contributed by atoms with Crippen molar-refractivity contribution in [3.63, 3.8) is 0 Å². The van der Waals surface area contributed by atoms with Crippen molar-refractivity contribution < 1.29 is 0 Å². The Hall–Kier alpha value is -1.06. The second kappa shape index (κ2) is 3.95. The number of hydrogen-bond acceptors (Lipinski definition) is 4. The molecule has 0 aromatic rings. The summed E-state index contributed by atoms with van der Waals surface area (Å²) in [7, 11) is 0. The summed E-state index contributed by atoms with van der Waals surface area (Å²) in [5, 5.41) is 5.59. The van der Waals surface area contributed by atoms with Crippen molar-refractivity contribution in [2.24, 2.45) is 10.4 Å². The van der Waals surface area contributed by atoms with Crippen LogP contribution in [0.15, 0.2) is 21.7 Å². The number of rotatable bonds is 2. The fourth-order valence-corrected chi connectivity index (χ4v) is 1.25. The molecule has 1 rings (SSSR count). The highest BCUT2D eigenvalue weighted by molar-refractivity contribution is 5.12. The second-order valence-corrected chi connectivity index (χ2v) is 2.64. The molecule has 4 heteroatoms. The molecule has 4 nitrogen and oxygen atoms in total. The Morgan fingerprint density at radius 2 is 1.27 bits per heavy atom. The van der Waals surface area contributed by atoms with E-state index in [-0.39, 0.29) is 0 Å². The standard InChI is InChI=1S/C7H10N2O2/c10-8-6-4-2-1-3-5-7(6)9-11/h1-5H2. The molecule has 0 heterocycles. The fraction of sp³-hybridized carbons (Fsp3) is 0.714. The van der Waals surface area contributed by atoms with Crippen LogP contribution >= 0.6 is 0 Å². The van der Waals surface area contributed by atoms with E-state index in [1.165, 1.54) is 0 Å². The molecule has 0 fully saturated rings. The van der Waals surface area contributed by atoms with Gasteiger partial charge in [-0.2, -0.15) is 0 Å². The number of nitroso groups, excluding NO2 is 2. The van der Waals surface area contributed by atoms with E-state index in [9.17, 15) is 9.81 Å². The van der Waals surface area contributed by atoms with Gasteiger partial charge in [-0.1, -0.05) is 6.42 Å². The van der Waals surface area contributed by atoms with Crippen LogP contribution in [0.2, 0.25) is 0 Å². The molecule has 0 radical (unpaired) electrons. The average Bonchev–Trinajstić information content (AvgIpc) is 2.27. The largest absolute Gasteiger partial charge is 0.145 e. The SMILES string of the molecule is O=NC1=C(N=O)CCCCC1. The Labute approximate surface area is 64.6 Å². The zero-order valence-electron chi connectivity index (χ0n) is 6.25. The summed E-state index contributed by atoms with van der Waals surface area (Å²) in [5.74, 6) is 0. The average molecular weight is 154 g/mol. The third-order valence-electron chi connectivity index (χ3n) is 1.88. The molecule has 0 bridgehead atoms. The Morgan fingerprint density at radius 3 is 1.64 bits per heavy atom. The lowest BCUT2D eigenvalue weighted by atomic mass is 10.2. The van der Waals surface area contributed by atoms with Crippen LogP contribution in [0, 0.1) is 9.81 Å². The van der Waals surface area contributed by atoms with Crippen molar-refractivity contribution in [1.29, 1.82) is 0 Å². The summed E-state index contributed by atoms with van der Waals surface area (Å²) >= 11 is 0. The van der Waals surface area contributed by atoms with Crippen LogP contribution in [-0.4, -0.2) is 0 Å². The summed E-state index contributed by atoms with van der Waals surface area (Å²) in [4.78, 5) is 20.4. The van der Waals surface area contributed by atoms with Crippen molar-refractivity contribution in [1.82, 2.24) is 0 Å². The third kappa shape index (κ3) is 1.93. The summed E-state index contributed by atoms with van der Waals surface area (Å²) in [6, 6.07) is 0. The number of allylic oxidation sites excluding steroid dienone is 2. The van der Waals surface area contributed by atoms with Gasteiger partial charge in [-0.05, 0) is 36.0 Å². The predicted octanol–water partition coefficient (Wildman–Crippen LogP) is 2.69. The summed E-state index contributed by atoms with van der Waals surface area (Å²) in [5.41, 5.74) is 0.718. The first kappa shape index (κ1) is 8.04. The van der Waals surface area contributed by atoms with Crippen molar-refractivity contribution in [2.45, 2.75) is 32.1 Å². The highest BCUT2D eigenvalue weighted by Gasteiger charge is 2.11. The van der Waals surface area contributed by atoms with E-state index in [0.717, 1.165) is 19.3 Å². The maximum absolute atomic E-state index is 10.2. The van der Waals surface area contributed by atoms with Gasteiger partial charge in [0, 0.05) is 0 Å². The minimum absolute atomic E-state index is 0.359. The lowest BCUT2D eigenvalue weighted by molar-refractivity contribution is 0.704. The molecule has 0 saturated heterocycles. The lowest BCUT2D eigenvalue weighted by Crippen LogP contribution is -1.82. The van der Waals surface area contributed by atoms with Gasteiger partial charge >= 0.3 is 0 Å². The zero-order valence-corrected chi connectivity index (χ0v) is 6.25. The molecule has 11 heavy (non-hydrogen) atoms. The van der Waals surface area contributed by atoms with E-state index in [4.69, 9.17) is 0 Å². The number of hydrogen-bond donors (Lipinski definition) is 0. The van der Waals surface area contributed by atoms with Gasteiger partial charge in [0.15, 0.2) is 0 Å². The molecule has 0 aromatic heterocycles. The van der Waals surface area contributed by atoms with E-state index >= 15 is 0 Å². The van der Waals surface area contributed by atoms with Crippen LogP contribution in [0.5, 0.6) is 0 Å². The Morgan fingerprint density at radius 1 is 0.818 bits per heavy atom.